The molecule has 4 atom stereocenters. The molecule has 2 saturated heterocycles. The first kappa shape index (κ1) is 27.3. The van der Waals surface area contributed by atoms with Gasteiger partial charge < -0.3 is 9.47 Å². The van der Waals surface area contributed by atoms with Gasteiger partial charge in [-0.1, -0.05) is 24.3 Å². The zero-order valence-corrected chi connectivity index (χ0v) is 23.0. The van der Waals surface area contributed by atoms with Crippen molar-refractivity contribution >= 4 is 11.9 Å². The molecule has 0 saturated carbocycles. The van der Waals surface area contributed by atoms with Crippen LogP contribution in [0.15, 0.2) is 48.5 Å². The van der Waals surface area contributed by atoms with Gasteiger partial charge >= 0.3 is 11.9 Å². The summed E-state index contributed by atoms with van der Waals surface area (Å²) in [5.41, 5.74) is 1.18. The predicted molar refractivity (Wildman–Crippen MR) is 138 cm³/mol. The molecule has 0 aromatic heterocycles. The van der Waals surface area contributed by atoms with Crippen LogP contribution in [0.4, 0.5) is 0 Å². The van der Waals surface area contributed by atoms with E-state index in [1.165, 1.54) is 0 Å². The van der Waals surface area contributed by atoms with Crippen LogP contribution in [0.3, 0.4) is 0 Å². The maximum atomic E-state index is 12.8. The molecule has 2 fully saturated rings. The van der Waals surface area contributed by atoms with Crippen molar-refractivity contribution in [2.75, 3.05) is 0 Å². The molecule has 0 radical (unpaired) electrons. The lowest BCUT2D eigenvalue weighted by molar-refractivity contribution is -0.0587. The Morgan fingerprint density at radius 1 is 0.703 bits per heavy atom. The summed E-state index contributed by atoms with van der Waals surface area (Å²) < 4.78 is 11.6. The van der Waals surface area contributed by atoms with Crippen LogP contribution in [0.2, 0.25) is 0 Å². The van der Waals surface area contributed by atoms with Gasteiger partial charge in [-0.2, -0.15) is 0 Å². The monoisotopic (exact) mass is 510 g/mol. The van der Waals surface area contributed by atoms with Crippen molar-refractivity contribution in [1.82, 2.24) is 10.1 Å². The molecule has 2 heterocycles. The zero-order valence-electron chi connectivity index (χ0n) is 23.0. The minimum Gasteiger partial charge on any atom is -0.456 e. The highest BCUT2D eigenvalue weighted by Crippen LogP contribution is 2.40. The maximum absolute atomic E-state index is 12.8. The van der Waals surface area contributed by atoms with Crippen molar-refractivity contribution in [2.24, 2.45) is 0 Å². The summed E-state index contributed by atoms with van der Waals surface area (Å²) in [6, 6.07) is 15.1. The highest BCUT2D eigenvalue weighted by Gasteiger charge is 2.41. The Kier molecular flexibility index (Phi) is 7.50. The first-order chi connectivity index (χ1) is 17.3. The second-order valence-corrected chi connectivity index (χ2v) is 11.5. The van der Waals surface area contributed by atoms with Crippen LogP contribution in [0.25, 0.3) is 0 Å². The number of nitrogens with zero attached hydrogens (tertiary/aromatic N) is 2. The third kappa shape index (κ3) is 6.76. The van der Waals surface area contributed by atoms with Crippen LogP contribution < -0.4 is 0 Å². The van der Waals surface area contributed by atoms with Gasteiger partial charge in [0.25, 0.3) is 0 Å². The van der Waals surface area contributed by atoms with Gasteiger partial charge in [0, 0.05) is 18.5 Å². The molecule has 200 valence electrons. The molecule has 0 bridgehead atoms. The van der Waals surface area contributed by atoms with E-state index < -0.39 is 23.1 Å². The molecule has 4 rings (SSSR count). The fourth-order valence-corrected chi connectivity index (χ4v) is 4.66. The highest BCUT2D eigenvalue weighted by atomic mass is 16.8. The summed E-state index contributed by atoms with van der Waals surface area (Å²) in [5, 5.41) is 3.80. The van der Waals surface area contributed by atoms with Crippen LogP contribution in [0, 0.1) is 0 Å². The lowest BCUT2D eigenvalue weighted by atomic mass is 9.92. The van der Waals surface area contributed by atoms with Crippen molar-refractivity contribution < 1.29 is 28.7 Å². The van der Waals surface area contributed by atoms with Crippen molar-refractivity contribution in [3.05, 3.63) is 70.8 Å². The van der Waals surface area contributed by atoms with Crippen LogP contribution in [-0.4, -0.2) is 45.4 Å². The van der Waals surface area contributed by atoms with Crippen molar-refractivity contribution in [2.45, 2.75) is 97.6 Å². The third-order valence-electron chi connectivity index (χ3n) is 6.28. The Hall–Kier alpha value is -2.78. The molecule has 2 aromatic rings. The molecule has 4 unspecified atom stereocenters. The van der Waals surface area contributed by atoms with Crippen molar-refractivity contribution in [1.29, 1.82) is 0 Å². The maximum Gasteiger partial charge on any atom is 0.338 e. The number of carbonyl (C=O) groups is 2. The number of esters is 2. The van der Waals surface area contributed by atoms with Crippen LogP contribution in [-0.2, 0) is 19.1 Å². The second kappa shape index (κ2) is 10.2. The van der Waals surface area contributed by atoms with Gasteiger partial charge in [0.05, 0.1) is 11.1 Å². The predicted octanol–water partition coefficient (Wildman–Crippen LogP) is 5.96. The zero-order chi connectivity index (χ0) is 27.1. The van der Waals surface area contributed by atoms with E-state index in [9.17, 15) is 9.59 Å². The normalized spacial score (nSPS) is 23.2. The summed E-state index contributed by atoms with van der Waals surface area (Å²) in [6.07, 6.45) is 0.196. The lowest BCUT2D eigenvalue weighted by Crippen LogP contribution is -2.40. The van der Waals surface area contributed by atoms with E-state index >= 15 is 0 Å². The molecule has 0 aliphatic carbocycles. The Morgan fingerprint density at radius 2 is 1.03 bits per heavy atom. The number of carbonyl (C=O) groups excluding carboxylic acids is 2. The molecule has 0 amide bonds. The number of hydrogen-bond acceptors (Lipinski definition) is 8. The quantitative estimate of drug-likeness (QED) is 0.286. The highest BCUT2D eigenvalue weighted by molar-refractivity contribution is 5.90. The van der Waals surface area contributed by atoms with E-state index in [0.29, 0.717) is 29.6 Å². The molecule has 0 spiro atoms. The van der Waals surface area contributed by atoms with Gasteiger partial charge in [0.2, 0.25) is 0 Å². The topological polar surface area (TPSA) is 83.7 Å². The molecule has 8 heteroatoms. The van der Waals surface area contributed by atoms with E-state index in [4.69, 9.17) is 19.1 Å². The Morgan fingerprint density at radius 3 is 1.30 bits per heavy atom. The minimum atomic E-state index is -0.860. The summed E-state index contributed by atoms with van der Waals surface area (Å²) in [4.78, 5) is 36.8. The first-order valence-corrected chi connectivity index (χ1v) is 12.8. The average molecular weight is 511 g/mol. The largest absolute Gasteiger partial charge is 0.456 e. The number of benzene rings is 2. The van der Waals surface area contributed by atoms with Gasteiger partial charge in [0.15, 0.2) is 12.5 Å². The third-order valence-corrected chi connectivity index (χ3v) is 6.28. The SMILES string of the molecule is CC(C)N1OC1c1ccc(C(=O)OC(C)(C)CC(C)(C)OC(=O)c2ccc(C3ON3C(C)C)cc2)cc1. The van der Waals surface area contributed by atoms with Crippen molar-refractivity contribution in [3.63, 3.8) is 0 Å². The first-order valence-electron chi connectivity index (χ1n) is 12.8. The Bertz CT molecular complexity index is 1030. The summed E-state index contributed by atoms with van der Waals surface area (Å²) in [6.45, 7) is 15.5. The smallest absolute Gasteiger partial charge is 0.338 e. The van der Waals surface area contributed by atoms with Gasteiger partial charge in [-0.15, -0.1) is 10.1 Å². The van der Waals surface area contributed by atoms with Crippen LogP contribution in [0.5, 0.6) is 0 Å². The minimum absolute atomic E-state index is 0.0648. The summed E-state index contributed by atoms with van der Waals surface area (Å²) in [7, 11) is 0. The Labute approximate surface area is 219 Å². The van der Waals surface area contributed by atoms with Gasteiger partial charge in [-0.25, -0.2) is 9.59 Å². The molecular formula is C29H38N2O6. The average Bonchev–Trinajstić information content (AvgIpc) is 3.71. The molecule has 2 aromatic carbocycles. The fourth-order valence-electron chi connectivity index (χ4n) is 4.66. The molecule has 8 nitrogen and oxygen atoms in total. The fraction of sp³-hybridized carbons (Fsp3) is 0.517. The molecule has 2 aliphatic rings. The van der Waals surface area contributed by atoms with Gasteiger partial charge in [0.1, 0.15) is 11.2 Å². The standard InChI is InChI=1S/C29H38N2O6/c1-18(2)30-24(36-30)20-9-13-22(14-10-20)26(32)34-28(5,6)17-29(7,8)35-27(33)23-15-11-21(12-16-23)25-31(37-25)19(3)4/h9-16,18-19,24-25H,17H2,1-8H3. The number of hydroxylamine groups is 4. The van der Waals surface area contributed by atoms with E-state index in [1.807, 2.05) is 62.1 Å². The van der Waals surface area contributed by atoms with Crippen molar-refractivity contribution in [3.8, 4) is 0 Å². The molecular weight excluding hydrogens is 472 g/mol. The van der Waals surface area contributed by atoms with Gasteiger partial charge in [-0.05, 0) is 90.8 Å². The van der Waals surface area contributed by atoms with E-state index in [2.05, 4.69) is 27.7 Å². The van der Waals surface area contributed by atoms with E-state index in [-0.39, 0.29) is 12.5 Å². The summed E-state index contributed by atoms with van der Waals surface area (Å²) in [5.74, 6) is -0.853. The van der Waals surface area contributed by atoms with Crippen LogP contribution >= 0.6 is 0 Å². The van der Waals surface area contributed by atoms with Gasteiger partial charge in [-0.3, -0.25) is 9.68 Å². The van der Waals surface area contributed by atoms with Crippen LogP contribution in [0.1, 0.15) is 106 Å². The lowest BCUT2D eigenvalue weighted by Gasteiger charge is -2.34. The molecule has 0 N–H and O–H groups in total. The Balaban J connectivity index is 1.30. The summed E-state index contributed by atoms with van der Waals surface area (Å²) >= 11 is 0. The second-order valence-electron chi connectivity index (χ2n) is 11.5. The van der Waals surface area contributed by atoms with E-state index in [1.54, 1.807) is 24.3 Å². The number of ether oxygens (including phenoxy) is 2. The number of rotatable bonds is 10. The molecule has 2 aliphatic heterocycles. The number of hydrogen-bond donors (Lipinski definition) is 0. The molecule has 37 heavy (non-hydrogen) atoms. The van der Waals surface area contributed by atoms with E-state index in [0.717, 1.165) is 11.1 Å².